The smallest absolute Gasteiger partial charge is 0.236 e. The van der Waals surface area contributed by atoms with E-state index in [1.807, 2.05) is 11.9 Å². The van der Waals surface area contributed by atoms with Gasteiger partial charge in [0.25, 0.3) is 0 Å². The largest absolute Gasteiger partial charge is 0.340 e. The van der Waals surface area contributed by atoms with Gasteiger partial charge in [0.05, 0.1) is 6.54 Å². The highest BCUT2D eigenvalue weighted by Crippen LogP contribution is 1.99. The van der Waals surface area contributed by atoms with E-state index in [0.717, 1.165) is 39.1 Å². The maximum atomic E-state index is 12.0. The number of carbonyl (C=O) groups is 1. The SMILES string of the molecule is CCCCN(C)CC(=O)N1CCCNCC1. The number of nitrogens with zero attached hydrogens (tertiary/aromatic N) is 2. The first-order valence-corrected chi connectivity index (χ1v) is 6.41. The molecule has 0 bridgehead atoms. The monoisotopic (exact) mass is 227 g/mol. The molecule has 1 amide bonds. The van der Waals surface area contributed by atoms with Gasteiger partial charge >= 0.3 is 0 Å². The molecule has 0 saturated carbocycles. The normalized spacial score (nSPS) is 17.6. The van der Waals surface area contributed by atoms with E-state index in [4.69, 9.17) is 0 Å². The quantitative estimate of drug-likeness (QED) is 0.744. The van der Waals surface area contributed by atoms with Gasteiger partial charge in [-0.25, -0.2) is 0 Å². The lowest BCUT2D eigenvalue weighted by Gasteiger charge is -2.23. The Morgan fingerprint density at radius 3 is 2.94 bits per heavy atom. The molecule has 0 radical (unpaired) electrons. The lowest BCUT2D eigenvalue weighted by atomic mass is 10.3. The summed E-state index contributed by atoms with van der Waals surface area (Å²) in [4.78, 5) is 16.1. The second-order valence-electron chi connectivity index (χ2n) is 4.58. The standard InChI is InChI=1S/C12H25N3O/c1-3-4-8-14(2)11-12(16)15-9-5-6-13-7-10-15/h13H,3-11H2,1-2H3. The van der Waals surface area contributed by atoms with Crippen molar-refractivity contribution in [3.8, 4) is 0 Å². The number of carbonyl (C=O) groups excluding carboxylic acids is 1. The fourth-order valence-corrected chi connectivity index (χ4v) is 1.93. The summed E-state index contributed by atoms with van der Waals surface area (Å²) >= 11 is 0. The van der Waals surface area contributed by atoms with E-state index >= 15 is 0 Å². The van der Waals surface area contributed by atoms with E-state index in [-0.39, 0.29) is 5.91 Å². The van der Waals surface area contributed by atoms with Crippen LogP contribution in [0.25, 0.3) is 0 Å². The van der Waals surface area contributed by atoms with Crippen LogP contribution in [0.5, 0.6) is 0 Å². The predicted octanol–water partition coefficient (Wildman–Crippen LogP) is 0.540. The van der Waals surface area contributed by atoms with Crippen LogP contribution in [-0.4, -0.2) is 62.0 Å². The van der Waals surface area contributed by atoms with Crippen molar-refractivity contribution in [3.05, 3.63) is 0 Å². The number of unbranched alkanes of at least 4 members (excludes halogenated alkanes) is 1. The number of rotatable bonds is 5. The van der Waals surface area contributed by atoms with Gasteiger partial charge in [-0.2, -0.15) is 0 Å². The molecule has 0 unspecified atom stereocenters. The first-order chi connectivity index (χ1) is 7.74. The van der Waals surface area contributed by atoms with Crippen molar-refractivity contribution in [1.29, 1.82) is 0 Å². The van der Waals surface area contributed by atoms with E-state index in [9.17, 15) is 4.79 Å². The van der Waals surface area contributed by atoms with E-state index in [1.165, 1.54) is 12.8 Å². The molecular weight excluding hydrogens is 202 g/mol. The topological polar surface area (TPSA) is 35.6 Å². The molecular formula is C12H25N3O. The van der Waals surface area contributed by atoms with Crippen molar-refractivity contribution in [2.45, 2.75) is 26.2 Å². The molecule has 94 valence electrons. The van der Waals surface area contributed by atoms with E-state index in [2.05, 4.69) is 17.1 Å². The maximum Gasteiger partial charge on any atom is 0.236 e. The Kier molecular flexibility index (Phi) is 6.42. The molecule has 1 fully saturated rings. The van der Waals surface area contributed by atoms with Gasteiger partial charge in [-0.05, 0) is 33.0 Å². The molecule has 4 heteroatoms. The molecule has 0 spiro atoms. The first kappa shape index (κ1) is 13.5. The molecule has 0 aromatic rings. The second kappa shape index (κ2) is 7.63. The van der Waals surface area contributed by atoms with Gasteiger partial charge in [-0.3, -0.25) is 9.69 Å². The highest BCUT2D eigenvalue weighted by molar-refractivity contribution is 5.78. The van der Waals surface area contributed by atoms with Crippen molar-refractivity contribution < 1.29 is 4.79 Å². The lowest BCUT2D eigenvalue weighted by Crippen LogP contribution is -2.40. The van der Waals surface area contributed by atoms with Gasteiger partial charge in [0, 0.05) is 19.6 Å². The van der Waals surface area contributed by atoms with Crippen LogP contribution in [-0.2, 0) is 4.79 Å². The van der Waals surface area contributed by atoms with Crippen molar-refractivity contribution in [3.63, 3.8) is 0 Å². The fraction of sp³-hybridized carbons (Fsp3) is 0.917. The van der Waals surface area contributed by atoms with Crippen LogP contribution in [0.2, 0.25) is 0 Å². The van der Waals surface area contributed by atoms with Crippen LogP contribution in [0.1, 0.15) is 26.2 Å². The minimum atomic E-state index is 0.280. The summed E-state index contributed by atoms with van der Waals surface area (Å²) in [6.07, 6.45) is 3.43. The summed E-state index contributed by atoms with van der Waals surface area (Å²) < 4.78 is 0. The average molecular weight is 227 g/mol. The highest BCUT2D eigenvalue weighted by atomic mass is 16.2. The summed E-state index contributed by atoms with van der Waals surface area (Å²) in [7, 11) is 2.03. The highest BCUT2D eigenvalue weighted by Gasteiger charge is 2.16. The van der Waals surface area contributed by atoms with Gasteiger partial charge in [0.1, 0.15) is 0 Å². The zero-order valence-electron chi connectivity index (χ0n) is 10.7. The Balaban J connectivity index is 2.26. The molecule has 0 aromatic carbocycles. The minimum absolute atomic E-state index is 0.280. The molecule has 0 aliphatic carbocycles. The van der Waals surface area contributed by atoms with Gasteiger partial charge in [0.15, 0.2) is 0 Å². The third-order valence-corrected chi connectivity index (χ3v) is 2.99. The molecule has 1 rings (SSSR count). The van der Waals surface area contributed by atoms with Crippen LogP contribution in [0.4, 0.5) is 0 Å². The summed E-state index contributed by atoms with van der Waals surface area (Å²) in [6, 6.07) is 0. The lowest BCUT2D eigenvalue weighted by molar-refractivity contribution is -0.131. The van der Waals surface area contributed by atoms with Crippen molar-refractivity contribution in [2.24, 2.45) is 0 Å². The zero-order valence-corrected chi connectivity index (χ0v) is 10.7. The van der Waals surface area contributed by atoms with Crippen LogP contribution in [0.15, 0.2) is 0 Å². The van der Waals surface area contributed by atoms with Crippen LogP contribution in [0, 0.1) is 0 Å². The average Bonchev–Trinajstić information content (AvgIpc) is 2.54. The predicted molar refractivity (Wildman–Crippen MR) is 66.5 cm³/mol. The first-order valence-electron chi connectivity index (χ1n) is 6.41. The Morgan fingerprint density at radius 2 is 2.19 bits per heavy atom. The molecule has 0 aromatic heterocycles. The molecule has 1 saturated heterocycles. The molecule has 1 N–H and O–H groups in total. The number of hydrogen-bond donors (Lipinski definition) is 1. The summed E-state index contributed by atoms with van der Waals surface area (Å²) in [6.45, 7) is 7.51. The molecule has 0 atom stereocenters. The van der Waals surface area contributed by atoms with Crippen molar-refractivity contribution in [1.82, 2.24) is 15.1 Å². The Hall–Kier alpha value is -0.610. The number of amides is 1. The second-order valence-corrected chi connectivity index (χ2v) is 4.58. The van der Waals surface area contributed by atoms with Crippen molar-refractivity contribution >= 4 is 5.91 Å². The van der Waals surface area contributed by atoms with E-state index in [1.54, 1.807) is 0 Å². The Bertz CT molecular complexity index is 200. The number of hydrogen-bond acceptors (Lipinski definition) is 3. The van der Waals surface area contributed by atoms with E-state index < -0.39 is 0 Å². The third-order valence-electron chi connectivity index (χ3n) is 2.99. The third kappa shape index (κ3) is 4.94. The molecule has 16 heavy (non-hydrogen) atoms. The summed E-state index contributed by atoms with van der Waals surface area (Å²) in [5, 5.41) is 3.31. The van der Waals surface area contributed by atoms with Gasteiger partial charge in [-0.1, -0.05) is 13.3 Å². The van der Waals surface area contributed by atoms with Crippen LogP contribution in [0.3, 0.4) is 0 Å². The van der Waals surface area contributed by atoms with Crippen LogP contribution >= 0.6 is 0 Å². The van der Waals surface area contributed by atoms with Crippen molar-refractivity contribution in [2.75, 3.05) is 46.3 Å². The maximum absolute atomic E-state index is 12.0. The van der Waals surface area contributed by atoms with Crippen LogP contribution < -0.4 is 5.32 Å². The number of likely N-dealkylation sites (N-methyl/N-ethyl adjacent to an activating group) is 1. The van der Waals surface area contributed by atoms with Gasteiger partial charge in [0.2, 0.25) is 5.91 Å². The molecule has 1 aliphatic heterocycles. The number of nitrogens with one attached hydrogen (secondary N) is 1. The van der Waals surface area contributed by atoms with Gasteiger partial charge in [-0.15, -0.1) is 0 Å². The Morgan fingerprint density at radius 1 is 1.38 bits per heavy atom. The summed E-state index contributed by atoms with van der Waals surface area (Å²) in [5.41, 5.74) is 0. The fourth-order valence-electron chi connectivity index (χ4n) is 1.93. The van der Waals surface area contributed by atoms with E-state index in [0.29, 0.717) is 6.54 Å². The zero-order chi connectivity index (χ0) is 11.8. The molecule has 1 heterocycles. The van der Waals surface area contributed by atoms with Gasteiger partial charge < -0.3 is 10.2 Å². The minimum Gasteiger partial charge on any atom is -0.340 e. The summed E-state index contributed by atoms with van der Waals surface area (Å²) in [5.74, 6) is 0.280. The molecule has 1 aliphatic rings. The molecule has 4 nitrogen and oxygen atoms in total. The Labute approximate surface area is 99.0 Å².